The maximum atomic E-state index is 12.8. The summed E-state index contributed by atoms with van der Waals surface area (Å²) in [6, 6.07) is 12.5. The van der Waals surface area contributed by atoms with Crippen LogP contribution in [-0.2, 0) is 6.42 Å². The van der Waals surface area contributed by atoms with Gasteiger partial charge in [0.05, 0.1) is 12.2 Å². The number of hydrogen-bond donors (Lipinski definition) is 1. The van der Waals surface area contributed by atoms with Crippen LogP contribution < -0.4 is 4.74 Å². The minimum Gasteiger partial charge on any atom is -0.493 e. The van der Waals surface area contributed by atoms with Crippen LogP contribution in [0.4, 0.5) is 0 Å². The summed E-state index contributed by atoms with van der Waals surface area (Å²) >= 11 is 0. The Balaban J connectivity index is 1.81. The zero-order chi connectivity index (χ0) is 19.9. The quantitative estimate of drug-likeness (QED) is 0.772. The van der Waals surface area contributed by atoms with Crippen LogP contribution in [0.3, 0.4) is 0 Å². The van der Waals surface area contributed by atoms with E-state index in [2.05, 4.69) is 0 Å². The Bertz CT molecular complexity index is 823. The fourth-order valence-corrected chi connectivity index (χ4v) is 3.44. The Morgan fingerprint density at radius 1 is 1.00 bits per heavy atom. The van der Waals surface area contributed by atoms with Crippen molar-refractivity contribution < 1.29 is 19.4 Å². The molecule has 1 aliphatic heterocycles. The lowest BCUT2D eigenvalue weighted by atomic mass is 10.0. The third-order valence-corrected chi connectivity index (χ3v) is 5.01. The molecule has 0 aliphatic carbocycles. The van der Waals surface area contributed by atoms with Crippen molar-refractivity contribution in [3.8, 4) is 5.75 Å². The number of piperidine rings is 1. The summed E-state index contributed by atoms with van der Waals surface area (Å²) in [6.07, 6.45) is 4.83. The normalized spacial score (nSPS) is 14.0. The number of likely N-dealkylation sites (tertiary alicyclic amines) is 1. The van der Waals surface area contributed by atoms with Gasteiger partial charge in [-0.05, 0) is 61.1 Å². The van der Waals surface area contributed by atoms with E-state index in [1.54, 1.807) is 12.1 Å². The Morgan fingerprint density at radius 3 is 2.32 bits per heavy atom. The van der Waals surface area contributed by atoms with Crippen molar-refractivity contribution in [3.63, 3.8) is 0 Å². The first-order valence-electron chi connectivity index (χ1n) is 9.95. The number of rotatable bonds is 7. The fourth-order valence-electron chi connectivity index (χ4n) is 3.44. The molecule has 0 radical (unpaired) electrons. The molecule has 3 rings (SSSR count). The van der Waals surface area contributed by atoms with E-state index in [0.29, 0.717) is 18.6 Å². The summed E-state index contributed by atoms with van der Waals surface area (Å²) in [7, 11) is 0. The highest BCUT2D eigenvalue weighted by Crippen LogP contribution is 2.25. The predicted octanol–water partition coefficient (Wildman–Crippen LogP) is 4.39. The lowest BCUT2D eigenvalue weighted by Gasteiger charge is -2.27. The van der Waals surface area contributed by atoms with Gasteiger partial charge in [0.1, 0.15) is 5.75 Å². The number of ether oxygens (including phenoxy) is 1. The van der Waals surface area contributed by atoms with Gasteiger partial charge in [-0.25, -0.2) is 4.79 Å². The zero-order valence-corrected chi connectivity index (χ0v) is 16.3. The number of carboxylic acid groups (broad SMARTS) is 1. The first kappa shape index (κ1) is 19.9. The van der Waals surface area contributed by atoms with Crippen LogP contribution in [0.15, 0.2) is 42.5 Å². The monoisotopic (exact) mass is 381 g/mol. The van der Waals surface area contributed by atoms with E-state index < -0.39 is 5.97 Å². The van der Waals surface area contributed by atoms with Crippen molar-refractivity contribution in [2.24, 2.45) is 0 Å². The first-order chi connectivity index (χ1) is 13.6. The lowest BCUT2D eigenvalue weighted by Crippen LogP contribution is -2.35. The van der Waals surface area contributed by atoms with Gasteiger partial charge in [-0.15, -0.1) is 0 Å². The number of aromatic carboxylic acids is 1. The minimum atomic E-state index is -0.931. The molecule has 148 valence electrons. The minimum absolute atomic E-state index is 0.0680. The van der Waals surface area contributed by atoms with Crippen LogP contribution in [0.2, 0.25) is 0 Å². The van der Waals surface area contributed by atoms with Gasteiger partial charge in [0.15, 0.2) is 0 Å². The standard InChI is InChI=1S/C23H27NO4/c1-2-14-28-21-16-20(22(25)24-12-4-3-5-13-24)11-10-19(21)15-17-6-8-18(9-7-17)23(26)27/h6-11,16H,2-5,12-15H2,1H3,(H,26,27). The van der Waals surface area contributed by atoms with Crippen LogP contribution in [0, 0.1) is 0 Å². The second kappa shape index (κ2) is 9.40. The van der Waals surface area contributed by atoms with Crippen LogP contribution in [0.1, 0.15) is 64.4 Å². The molecular weight excluding hydrogens is 354 g/mol. The number of benzene rings is 2. The van der Waals surface area contributed by atoms with Gasteiger partial charge in [-0.2, -0.15) is 0 Å². The number of nitrogens with zero attached hydrogens (tertiary/aromatic N) is 1. The Morgan fingerprint density at radius 2 is 1.68 bits per heavy atom. The fraction of sp³-hybridized carbons (Fsp3) is 0.391. The number of carboxylic acids is 1. The number of carbonyl (C=O) groups is 2. The van der Waals surface area contributed by atoms with Gasteiger partial charge < -0.3 is 14.7 Å². The van der Waals surface area contributed by atoms with Gasteiger partial charge in [0, 0.05) is 25.1 Å². The molecule has 1 amide bonds. The summed E-state index contributed by atoms with van der Waals surface area (Å²) in [5.41, 5.74) is 2.93. The number of amides is 1. The van der Waals surface area contributed by atoms with Crippen LogP contribution in [0.5, 0.6) is 5.75 Å². The predicted molar refractivity (Wildman–Crippen MR) is 108 cm³/mol. The molecule has 2 aromatic rings. The molecule has 0 unspecified atom stereocenters. The third-order valence-electron chi connectivity index (χ3n) is 5.01. The molecule has 5 heteroatoms. The average molecular weight is 381 g/mol. The molecule has 1 aliphatic rings. The van der Waals surface area contributed by atoms with Crippen molar-refractivity contribution >= 4 is 11.9 Å². The highest BCUT2D eigenvalue weighted by Gasteiger charge is 2.19. The van der Waals surface area contributed by atoms with Gasteiger partial charge in [0.2, 0.25) is 0 Å². The molecule has 0 bridgehead atoms. The molecule has 1 heterocycles. The van der Waals surface area contributed by atoms with Crippen molar-refractivity contribution in [2.75, 3.05) is 19.7 Å². The van der Waals surface area contributed by atoms with E-state index in [4.69, 9.17) is 9.84 Å². The maximum Gasteiger partial charge on any atom is 0.335 e. The zero-order valence-electron chi connectivity index (χ0n) is 16.3. The third kappa shape index (κ3) is 4.91. The van der Waals surface area contributed by atoms with E-state index in [1.165, 1.54) is 6.42 Å². The highest BCUT2D eigenvalue weighted by molar-refractivity contribution is 5.94. The number of carbonyl (C=O) groups excluding carboxylic acids is 1. The molecule has 1 saturated heterocycles. The van der Waals surface area contributed by atoms with Crippen molar-refractivity contribution in [1.29, 1.82) is 0 Å². The van der Waals surface area contributed by atoms with E-state index >= 15 is 0 Å². The molecule has 28 heavy (non-hydrogen) atoms. The molecule has 1 fully saturated rings. The van der Waals surface area contributed by atoms with Crippen molar-refractivity contribution in [1.82, 2.24) is 4.90 Å². The molecule has 0 aromatic heterocycles. The Labute approximate surface area is 165 Å². The van der Waals surface area contributed by atoms with Gasteiger partial charge >= 0.3 is 5.97 Å². The first-order valence-corrected chi connectivity index (χ1v) is 9.95. The molecule has 2 aromatic carbocycles. The SMILES string of the molecule is CCCOc1cc(C(=O)N2CCCCC2)ccc1Cc1ccc(C(=O)O)cc1. The second-order valence-electron chi connectivity index (χ2n) is 7.20. The Kier molecular flexibility index (Phi) is 6.69. The largest absolute Gasteiger partial charge is 0.493 e. The van der Waals surface area contributed by atoms with Gasteiger partial charge in [0.25, 0.3) is 5.91 Å². The maximum absolute atomic E-state index is 12.8. The van der Waals surface area contributed by atoms with Crippen molar-refractivity contribution in [3.05, 3.63) is 64.7 Å². The molecular formula is C23H27NO4. The van der Waals surface area contributed by atoms with E-state index in [1.807, 2.05) is 42.2 Å². The van der Waals surface area contributed by atoms with Crippen molar-refractivity contribution in [2.45, 2.75) is 39.0 Å². The number of hydrogen-bond acceptors (Lipinski definition) is 3. The molecule has 0 spiro atoms. The molecule has 1 N–H and O–H groups in total. The van der Waals surface area contributed by atoms with Crippen LogP contribution in [-0.4, -0.2) is 41.6 Å². The summed E-state index contributed by atoms with van der Waals surface area (Å²) in [5.74, 6) is -0.135. The average Bonchev–Trinajstić information content (AvgIpc) is 2.73. The lowest BCUT2D eigenvalue weighted by molar-refractivity contribution is 0.0694. The highest BCUT2D eigenvalue weighted by atomic mass is 16.5. The smallest absolute Gasteiger partial charge is 0.335 e. The van der Waals surface area contributed by atoms with E-state index in [9.17, 15) is 9.59 Å². The topological polar surface area (TPSA) is 66.8 Å². The molecule has 5 nitrogen and oxygen atoms in total. The second-order valence-corrected chi connectivity index (χ2v) is 7.20. The van der Waals surface area contributed by atoms with Gasteiger partial charge in [-0.3, -0.25) is 4.79 Å². The summed E-state index contributed by atoms with van der Waals surface area (Å²) in [5, 5.41) is 9.04. The van der Waals surface area contributed by atoms with Crippen LogP contribution in [0.25, 0.3) is 0 Å². The molecule has 0 atom stereocenters. The Hall–Kier alpha value is -2.82. The summed E-state index contributed by atoms with van der Waals surface area (Å²) in [4.78, 5) is 25.8. The molecule has 0 saturated carbocycles. The summed E-state index contributed by atoms with van der Waals surface area (Å²) < 4.78 is 5.93. The van der Waals surface area contributed by atoms with Crippen LogP contribution >= 0.6 is 0 Å². The van der Waals surface area contributed by atoms with E-state index in [0.717, 1.165) is 49.2 Å². The van der Waals surface area contributed by atoms with E-state index in [-0.39, 0.29) is 11.5 Å². The summed E-state index contributed by atoms with van der Waals surface area (Å²) in [6.45, 7) is 4.28. The van der Waals surface area contributed by atoms with Gasteiger partial charge in [-0.1, -0.05) is 25.1 Å².